The number of piperidine rings is 1. The lowest BCUT2D eigenvalue weighted by atomic mass is 10.0. The van der Waals surface area contributed by atoms with E-state index in [9.17, 15) is 9.59 Å². The smallest absolute Gasteiger partial charge is 0.320 e. The molecule has 2 aliphatic heterocycles. The van der Waals surface area contributed by atoms with Crippen molar-refractivity contribution in [1.82, 2.24) is 14.7 Å². The van der Waals surface area contributed by atoms with Gasteiger partial charge in [0.15, 0.2) is 5.78 Å². The number of urea groups is 1. The number of nitriles is 1. The number of benzene rings is 2. The molecule has 2 aliphatic rings. The lowest BCUT2D eigenvalue weighted by Crippen LogP contribution is -2.50. The molecule has 0 bridgehead atoms. The first-order valence-corrected chi connectivity index (χ1v) is 12.6. The highest BCUT2D eigenvalue weighted by Gasteiger charge is 2.29. The number of amides is 2. The molecule has 7 nitrogen and oxygen atoms in total. The number of nitrogens with one attached hydrogen (secondary N) is 1. The highest BCUT2D eigenvalue weighted by atomic mass is 16.2. The number of nitrogens with zero attached hydrogens (tertiary/aromatic N) is 4. The second-order valence-corrected chi connectivity index (χ2v) is 9.63. The Bertz CT molecular complexity index is 1070. The number of carbonyl (C=O) groups is 2. The van der Waals surface area contributed by atoms with Crippen LogP contribution in [0.2, 0.25) is 0 Å². The Morgan fingerprint density at radius 1 is 1.03 bits per heavy atom. The summed E-state index contributed by atoms with van der Waals surface area (Å²) in [6.45, 7) is 7.99. The quantitative estimate of drug-likeness (QED) is 0.577. The van der Waals surface area contributed by atoms with E-state index in [-0.39, 0.29) is 17.9 Å². The highest BCUT2D eigenvalue weighted by molar-refractivity contribution is 5.96. The van der Waals surface area contributed by atoms with Gasteiger partial charge in [0.25, 0.3) is 0 Å². The molecule has 7 heteroatoms. The first kappa shape index (κ1) is 24.9. The topological polar surface area (TPSA) is 79.7 Å². The zero-order chi connectivity index (χ0) is 24.6. The molecular weight excluding hydrogens is 438 g/mol. The van der Waals surface area contributed by atoms with Crippen LogP contribution in [0, 0.1) is 11.3 Å². The van der Waals surface area contributed by atoms with Gasteiger partial charge in [0.1, 0.15) is 0 Å². The Morgan fingerprint density at radius 2 is 1.77 bits per heavy atom. The summed E-state index contributed by atoms with van der Waals surface area (Å²) in [5.41, 5.74) is 3.09. The van der Waals surface area contributed by atoms with Crippen LogP contribution in [0.25, 0.3) is 0 Å². The molecule has 4 rings (SSSR count). The molecule has 184 valence electrons. The van der Waals surface area contributed by atoms with Gasteiger partial charge in [-0.3, -0.25) is 9.69 Å². The lowest BCUT2D eigenvalue weighted by Gasteiger charge is -2.39. The van der Waals surface area contributed by atoms with Crippen molar-refractivity contribution in [3.05, 3.63) is 65.2 Å². The van der Waals surface area contributed by atoms with Gasteiger partial charge in [-0.2, -0.15) is 5.26 Å². The number of hydrogen-bond acceptors (Lipinski definition) is 5. The van der Waals surface area contributed by atoms with Crippen LogP contribution in [-0.4, -0.2) is 71.8 Å². The molecule has 0 saturated carbocycles. The van der Waals surface area contributed by atoms with Gasteiger partial charge in [0, 0.05) is 50.0 Å². The van der Waals surface area contributed by atoms with E-state index in [0.717, 1.165) is 57.7 Å². The largest absolute Gasteiger partial charge is 0.322 e. The summed E-state index contributed by atoms with van der Waals surface area (Å²) in [5.74, 6) is -0.0142. The standard InChI is InChI=1S/C28H35N5O2/c1-22(34)25-8-5-9-26(19-25)30-28(35)33(17-16-31-12-2-3-13-31)27-10-14-32(15-11-27)21-24-7-4-6-23(18-24)20-29/h4-9,18-19,27H,2-3,10-17,21H2,1H3,(H,30,35). The number of Topliss-reactive ketones (excluding diaryl/α,β-unsaturated/α-hetero) is 1. The van der Waals surface area contributed by atoms with Gasteiger partial charge >= 0.3 is 6.03 Å². The van der Waals surface area contributed by atoms with Crippen LogP contribution in [0.4, 0.5) is 10.5 Å². The summed E-state index contributed by atoms with van der Waals surface area (Å²) in [5, 5.41) is 12.2. The van der Waals surface area contributed by atoms with Crippen LogP contribution in [0.15, 0.2) is 48.5 Å². The van der Waals surface area contributed by atoms with Crippen LogP contribution in [0.5, 0.6) is 0 Å². The Morgan fingerprint density at radius 3 is 2.49 bits per heavy atom. The molecule has 2 aromatic rings. The van der Waals surface area contributed by atoms with Gasteiger partial charge in [-0.25, -0.2) is 4.79 Å². The molecule has 2 aromatic carbocycles. The molecule has 0 radical (unpaired) electrons. The molecule has 0 aliphatic carbocycles. The first-order chi connectivity index (χ1) is 17.0. The van der Waals surface area contributed by atoms with Crippen LogP contribution in [-0.2, 0) is 6.54 Å². The summed E-state index contributed by atoms with van der Waals surface area (Å²) < 4.78 is 0. The van der Waals surface area contributed by atoms with Crippen LogP contribution >= 0.6 is 0 Å². The molecule has 0 atom stereocenters. The average Bonchev–Trinajstić information content (AvgIpc) is 3.39. The summed E-state index contributed by atoms with van der Waals surface area (Å²) in [4.78, 5) is 32.0. The number of hydrogen-bond donors (Lipinski definition) is 1. The van der Waals surface area contributed by atoms with Crippen LogP contribution in [0.3, 0.4) is 0 Å². The summed E-state index contributed by atoms with van der Waals surface area (Å²) in [6, 6.07) is 17.2. The molecule has 0 unspecified atom stereocenters. The van der Waals surface area contributed by atoms with Gasteiger partial charge in [0.05, 0.1) is 11.6 Å². The number of anilines is 1. The van der Waals surface area contributed by atoms with E-state index in [0.29, 0.717) is 23.4 Å². The minimum atomic E-state index is -0.0925. The number of rotatable bonds is 8. The molecule has 0 spiro atoms. The van der Waals surface area contributed by atoms with Crippen molar-refractivity contribution in [3.63, 3.8) is 0 Å². The maximum absolute atomic E-state index is 13.4. The van der Waals surface area contributed by atoms with E-state index in [1.165, 1.54) is 19.8 Å². The van der Waals surface area contributed by atoms with Crippen LogP contribution in [0.1, 0.15) is 54.1 Å². The van der Waals surface area contributed by atoms with E-state index in [1.54, 1.807) is 18.2 Å². The third kappa shape index (κ3) is 6.91. The molecule has 2 heterocycles. The van der Waals surface area contributed by atoms with Crippen molar-refractivity contribution in [1.29, 1.82) is 5.26 Å². The normalized spacial score (nSPS) is 17.1. The van der Waals surface area contributed by atoms with Crippen molar-refractivity contribution in [3.8, 4) is 6.07 Å². The molecule has 0 aromatic heterocycles. The van der Waals surface area contributed by atoms with Gasteiger partial charge in [0.2, 0.25) is 0 Å². The minimum absolute atomic E-state index is 0.0142. The molecule has 2 fully saturated rings. The number of likely N-dealkylation sites (tertiary alicyclic amines) is 2. The third-order valence-electron chi connectivity index (χ3n) is 7.10. The Balaban J connectivity index is 1.39. The van der Waals surface area contributed by atoms with Gasteiger partial charge in [-0.15, -0.1) is 0 Å². The lowest BCUT2D eigenvalue weighted by molar-refractivity contribution is 0.101. The van der Waals surface area contributed by atoms with E-state index in [1.807, 2.05) is 29.2 Å². The summed E-state index contributed by atoms with van der Waals surface area (Å²) in [7, 11) is 0. The van der Waals surface area contributed by atoms with Gasteiger partial charge in [-0.1, -0.05) is 24.3 Å². The number of ketones is 1. The molecule has 35 heavy (non-hydrogen) atoms. The van der Waals surface area contributed by atoms with Crippen molar-refractivity contribution in [2.24, 2.45) is 0 Å². The fraction of sp³-hybridized carbons (Fsp3) is 0.464. The minimum Gasteiger partial charge on any atom is -0.320 e. The predicted octanol–water partition coefficient (Wildman–Crippen LogP) is 4.36. The van der Waals surface area contributed by atoms with Gasteiger partial charge in [-0.05, 0) is 75.5 Å². The second-order valence-electron chi connectivity index (χ2n) is 9.63. The SMILES string of the molecule is CC(=O)c1cccc(NC(=O)N(CCN2CCCC2)C2CCN(Cc3cccc(C#N)c3)CC2)c1. The summed E-state index contributed by atoms with van der Waals surface area (Å²) >= 11 is 0. The van der Waals surface area contributed by atoms with E-state index >= 15 is 0 Å². The van der Waals surface area contributed by atoms with Crippen molar-refractivity contribution >= 4 is 17.5 Å². The average molecular weight is 474 g/mol. The second kappa shape index (κ2) is 12.0. The first-order valence-electron chi connectivity index (χ1n) is 12.6. The van der Waals surface area contributed by atoms with Crippen molar-refractivity contribution in [2.75, 3.05) is 44.6 Å². The third-order valence-corrected chi connectivity index (χ3v) is 7.10. The molecule has 2 amide bonds. The Kier molecular flexibility index (Phi) is 8.51. The van der Waals surface area contributed by atoms with Crippen molar-refractivity contribution < 1.29 is 9.59 Å². The molecular formula is C28H35N5O2. The van der Waals surface area contributed by atoms with Crippen LogP contribution < -0.4 is 5.32 Å². The van der Waals surface area contributed by atoms with E-state index in [4.69, 9.17) is 5.26 Å². The summed E-state index contributed by atoms with van der Waals surface area (Å²) in [6.07, 6.45) is 4.29. The molecule has 1 N–H and O–H groups in total. The maximum Gasteiger partial charge on any atom is 0.322 e. The monoisotopic (exact) mass is 473 g/mol. The molecule has 2 saturated heterocycles. The number of carbonyl (C=O) groups excluding carboxylic acids is 2. The Hall–Kier alpha value is -3.21. The maximum atomic E-state index is 13.4. The van der Waals surface area contributed by atoms with E-state index in [2.05, 4.69) is 27.3 Å². The zero-order valence-corrected chi connectivity index (χ0v) is 20.6. The van der Waals surface area contributed by atoms with E-state index < -0.39 is 0 Å². The highest BCUT2D eigenvalue weighted by Crippen LogP contribution is 2.21. The van der Waals surface area contributed by atoms with Crippen molar-refractivity contribution in [2.45, 2.75) is 45.2 Å². The zero-order valence-electron chi connectivity index (χ0n) is 20.6. The Labute approximate surface area is 208 Å². The fourth-order valence-electron chi connectivity index (χ4n) is 5.10. The predicted molar refractivity (Wildman–Crippen MR) is 137 cm³/mol. The van der Waals surface area contributed by atoms with Gasteiger partial charge < -0.3 is 15.1 Å². The fourth-order valence-corrected chi connectivity index (χ4v) is 5.10.